The lowest BCUT2D eigenvalue weighted by Gasteiger charge is -2.13. The summed E-state index contributed by atoms with van der Waals surface area (Å²) < 4.78 is 19.5. The third-order valence-electron chi connectivity index (χ3n) is 2.73. The van der Waals surface area contributed by atoms with Gasteiger partial charge in [0, 0.05) is 17.1 Å². The van der Waals surface area contributed by atoms with Crippen LogP contribution < -0.4 is 10.1 Å². The zero-order chi connectivity index (χ0) is 14.5. The van der Waals surface area contributed by atoms with E-state index in [0.29, 0.717) is 17.3 Å². The molecule has 0 saturated carbocycles. The van der Waals surface area contributed by atoms with E-state index < -0.39 is 5.82 Å². The summed E-state index contributed by atoms with van der Waals surface area (Å²) >= 11 is 11.7. The molecule has 0 aliphatic heterocycles. The summed E-state index contributed by atoms with van der Waals surface area (Å²) in [7, 11) is 0. The fourth-order valence-electron chi connectivity index (χ4n) is 1.71. The molecule has 0 radical (unpaired) electrons. The van der Waals surface area contributed by atoms with Crippen LogP contribution in [0.15, 0.2) is 36.4 Å². The zero-order valence-electron chi connectivity index (χ0n) is 10.9. The monoisotopic (exact) mass is 313 g/mol. The van der Waals surface area contributed by atoms with Crippen LogP contribution in [-0.4, -0.2) is 6.54 Å². The van der Waals surface area contributed by atoms with Crippen LogP contribution in [-0.2, 0) is 6.54 Å². The van der Waals surface area contributed by atoms with Gasteiger partial charge in [0.1, 0.15) is 5.75 Å². The zero-order valence-corrected chi connectivity index (χ0v) is 12.4. The smallest absolute Gasteiger partial charge is 0.184 e. The summed E-state index contributed by atoms with van der Waals surface area (Å²) in [5.74, 6) is 0.0145. The Hall–Kier alpha value is -1.29. The molecule has 0 unspecified atom stereocenters. The SMILES string of the molecule is CCNCc1ccc(Cl)cc1Oc1cccc(Cl)c1F. The Morgan fingerprint density at radius 1 is 1.15 bits per heavy atom. The minimum absolute atomic E-state index is 0.0257. The van der Waals surface area contributed by atoms with Gasteiger partial charge >= 0.3 is 0 Å². The normalized spacial score (nSPS) is 10.6. The average Bonchev–Trinajstić information content (AvgIpc) is 2.43. The van der Waals surface area contributed by atoms with Gasteiger partial charge in [0.15, 0.2) is 11.6 Å². The van der Waals surface area contributed by atoms with Crippen molar-refractivity contribution in [2.24, 2.45) is 0 Å². The van der Waals surface area contributed by atoms with E-state index in [0.717, 1.165) is 12.1 Å². The van der Waals surface area contributed by atoms with Crippen molar-refractivity contribution in [3.8, 4) is 11.5 Å². The number of halogens is 3. The molecule has 0 atom stereocenters. The number of rotatable bonds is 5. The first-order valence-electron chi connectivity index (χ1n) is 6.23. The highest BCUT2D eigenvalue weighted by Gasteiger charge is 2.11. The Balaban J connectivity index is 2.31. The third-order valence-corrected chi connectivity index (χ3v) is 3.26. The number of hydrogen-bond donors (Lipinski definition) is 1. The first-order chi connectivity index (χ1) is 9.61. The van der Waals surface area contributed by atoms with Gasteiger partial charge in [-0.05, 0) is 30.8 Å². The van der Waals surface area contributed by atoms with Crippen molar-refractivity contribution in [2.45, 2.75) is 13.5 Å². The van der Waals surface area contributed by atoms with E-state index in [-0.39, 0.29) is 10.8 Å². The predicted molar refractivity (Wildman–Crippen MR) is 80.3 cm³/mol. The summed E-state index contributed by atoms with van der Waals surface area (Å²) in [5.41, 5.74) is 0.899. The Bertz CT molecular complexity index is 604. The van der Waals surface area contributed by atoms with Crippen LogP contribution in [0, 0.1) is 5.82 Å². The minimum atomic E-state index is -0.580. The molecule has 0 aliphatic rings. The van der Waals surface area contributed by atoms with Gasteiger partial charge in [0.25, 0.3) is 0 Å². The molecule has 5 heteroatoms. The second-order valence-corrected chi connectivity index (χ2v) is 5.03. The molecule has 106 valence electrons. The molecular weight excluding hydrogens is 300 g/mol. The lowest BCUT2D eigenvalue weighted by Crippen LogP contribution is -2.12. The second-order valence-electron chi connectivity index (χ2n) is 4.19. The molecule has 0 bridgehead atoms. The molecular formula is C15H14Cl2FNO. The Labute approximate surface area is 127 Å². The lowest BCUT2D eigenvalue weighted by atomic mass is 10.2. The van der Waals surface area contributed by atoms with E-state index in [1.807, 2.05) is 13.0 Å². The molecule has 0 heterocycles. The van der Waals surface area contributed by atoms with Crippen LogP contribution in [0.3, 0.4) is 0 Å². The molecule has 0 saturated heterocycles. The first kappa shape index (κ1) is 15.1. The van der Waals surface area contributed by atoms with Gasteiger partial charge in [-0.1, -0.05) is 42.3 Å². The third kappa shape index (κ3) is 3.63. The van der Waals surface area contributed by atoms with Crippen LogP contribution in [0.25, 0.3) is 0 Å². The number of ether oxygens (including phenoxy) is 1. The fraction of sp³-hybridized carbons (Fsp3) is 0.200. The average molecular weight is 314 g/mol. The topological polar surface area (TPSA) is 21.3 Å². The van der Waals surface area contributed by atoms with Gasteiger partial charge in [0.2, 0.25) is 0 Å². The highest BCUT2D eigenvalue weighted by atomic mass is 35.5. The molecule has 2 aromatic rings. The van der Waals surface area contributed by atoms with Crippen LogP contribution in [0.2, 0.25) is 10.0 Å². The molecule has 0 aliphatic carbocycles. The molecule has 2 aromatic carbocycles. The molecule has 0 spiro atoms. The van der Waals surface area contributed by atoms with Crippen molar-refractivity contribution in [3.63, 3.8) is 0 Å². The highest BCUT2D eigenvalue weighted by Crippen LogP contribution is 2.32. The van der Waals surface area contributed by atoms with Gasteiger partial charge < -0.3 is 10.1 Å². The molecule has 1 N–H and O–H groups in total. The maximum absolute atomic E-state index is 13.9. The summed E-state index contributed by atoms with van der Waals surface area (Å²) in [6, 6.07) is 9.92. The Morgan fingerprint density at radius 3 is 2.70 bits per heavy atom. The van der Waals surface area contributed by atoms with Crippen molar-refractivity contribution < 1.29 is 9.13 Å². The van der Waals surface area contributed by atoms with Crippen LogP contribution in [0.4, 0.5) is 4.39 Å². The van der Waals surface area contributed by atoms with E-state index in [4.69, 9.17) is 27.9 Å². The van der Waals surface area contributed by atoms with E-state index in [9.17, 15) is 4.39 Å². The molecule has 0 fully saturated rings. The first-order valence-corrected chi connectivity index (χ1v) is 6.98. The van der Waals surface area contributed by atoms with Crippen molar-refractivity contribution in [1.82, 2.24) is 5.32 Å². The maximum Gasteiger partial charge on any atom is 0.184 e. The van der Waals surface area contributed by atoms with Crippen LogP contribution in [0.1, 0.15) is 12.5 Å². The van der Waals surface area contributed by atoms with Gasteiger partial charge in [-0.2, -0.15) is 0 Å². The molecule has 2 nitrogen and oxygen atoms in total. The lowest BCUT2D eigenvalue weighted by molar-refractivity contribution is 0.436. The fourth-order valence-corrected chi connectivity index (χ4v) is 2.04. The van der Waals surface area contributed by atoms with Crippen LogP contribution >= 0.6 is 23.2 Å². The van der Waals surface area contributed by atoms with E-state index in [1.165, 1.54) is 12.1 Å². The molecule has 2 rings (SSSR count). The summed E-state index contributed by atoms with van der Waals surface area (Å²) in [5, 5.41) is 3.75. The second kappa shape index (κ2) is 6.93. The van der Waals surface area contributed by atoms with E-state index in [2.05, 4.69) is 5.32 Å². The summed E-state index contributed by atoms with van der Waals surface area (Å²) in [4.78, 5) is 0. The molecule has 0 amide bonds. The number of benzene rings is 2. The van der Waals surface area contributed by atoms with E-state index >= 15 is 0 Å². The van der Waals surface area contributed by atoms with Crippen molar-refractivity contribution in [1.29, 1.82) is 0 Å². The standard InChI is InChI=1S/C15H14Cl2FNO/c1-2-19-9-10-6-7-11(16)8-14(10)20-13-5-3-4-12(17)15(13)18/h3-8,19H,2,9H2,1H3. The van der Waals surface area contributed by atoms with Gasteiger partial charge in [0.05, 0.1) is 5.02 Å². The van der Waals surface area contributed by atoms with Gasteiger partial charge in [-0.25, -0.2) is 4.39 Å². The van der Waals surface area contributed by atoms with Gasteiger partial charge in [-0.3, -0.25) is 0 Å². The summed E-state index contributed by atoms with van der Waals surface area (Å²) in [6.07, 6.45) is 0. The number of hydrogen-bond acceptors (Lipinski definition) is 2. The van der Waals surface area contributed by atoms with Crippen molar-refractivity contribution >= 4 is 23.2 Å². The van der Waals surface area contributed by atoms with Crippen molar-refractivity contribution in [2.75, 3.05) is 6.54 Å². The Morgan fingerprint density at radius 2 is 1.95 bits per heavy atom. The maximum atomic E-state index is 13.9. The number of nitrogens with one attached hydrogen (secondary N) is 1. The highest BCUT2D eigenvalue weighted by molar-refractivity contribution is 6.31. The predicted octanol–water partition coefficient (Wildman–Crippen LogP) is 5.03. The van der Waals surface area contributed by atoms with E-state index in [1.54, 1.807) is 18.2 Å². The van der Waals surface area contributed by atoms with Gasteiger partial charge in [-0.15, -0.1) is 0 Å². The molecule has 20 heavy (non-hydrogen) atoms. The quantitative estimate of drug-likeness (QED) is 0.835. The van der Waals surface area contributed by atoms with Crippen molar-refractivity contribution in [3.05, 3.63) is 57.8 Å². The minimum Gasteiger partial charge on any atom is -0.454 e. The van der Waals surface area contributed by atoms with Crippen LogP contribution in [0.5, 0.6) is 11.5 Å². The summed E-state index contributed by atoms with van der Waals surface area (Å²) in [6.45, 7) is 3.45. The Kier molecular flexibility index (Phi) is 5.24. The largest absolute Gasteiger partial charge is 0.454 e. The molecule has 0 aromatic heterocycles.